The van der Waals surface area contributed by atoms with Crippen LogP contribution in [0.2, 0.25) is 0 Å². The van der Waals surface area contributed by atoms with Gasteiger partial charge >= 0.3 is 63.3 Å². The van der Waals surface area contributed by atoms with E-state index >= 15 is 0 Å². The summed E-state index contributed by atoms with van der Waals surface area (Å²) in [6.45, 7) is 2.18. The van der Waals surface area contributed by atoms with Gasteiger partial charge in [0.1, 0.15) is 5.75 Å². The second-order valence-corrected chi connectivity index (χ2v) is 8.45. The first-order valence-corrected chi connectivity index (χ1v) is 11.2. The number of carboxylic acids is 1. The molecule has 29 heavy (non-hydrogen) atoms. The Kier molecular flexibility index (Phi) is 15.3. The molecule has 0 aliphatic carbocycles. The number of hydrogen-bond acceptors (Lipinski definition) is 5. The fourth-order valence-electron chi connectivity index (χ4n) is 2.90. The van der Waals surface area contributed by atoms with Crippen LogP contribution in [0, 0.1) is 0 Å². The summed E-state index contributed by atoms with van der Waals surface area (Å²) in [6.07, 6.45) is 8.87. The number of ether oxygens (including phenoxy) is 1. The van der Waals surface area contributed by atoms with Crippen LogP contribution in [-0.4, -0.2) is 35.3 Å². The number of hydrogen-bond donors (Lipinski definition) is 2. The SMILES string of the molecule is CCCCCCCCCCc1ccccc1OC(=O)C(CC(=O)O)S(=O)(=O)O.[H-].[K+]. The number of rotatable bonds is 14. The molecule has 7 nitrogen and oxygen atoms in total. The Labute approximate surface area is 217 Å². The van der Waals surface area contributed by atoms with Crippen molar-refractivity contribution in [3.05, 3.63) is 29.8 Å². The van der Waals surface area contributed by atoms with E-state index in [4.69, 9.17) is 14.4 Å². The summed E-state index contributed by atoms with van der Waals surface area (Å²) < 4.78 is 36.9. The molecule has 1 rings (SSSR count). The van der Waals surface area contributed by atoms with Crippen molar-refractivity contribution < 1.29 is 85.2 Å². The molecule has 0 aliphatic rings. The third kappa shape index (κ3) is 12.2. The Bertz CT molecular complexity index is 740. The van der Waals surface area contributed by atoms with Crippen molar-refractivity contribution in [2.24, 2.45) is 0 Å². The minimum atomic E-state index is -4.88. The molecule has 0 fully saturated rings. The van der Waals surface area contributed by atoms with E-state index in [1.807, 2.05) is 0 Å². The molecule has 1 aromatic carbocycles. The van der Waals surface area contributed by atoms with Gasteiger partial charge < -0.3 is 11.3 Å². The average Bonchev–Trinajstić information content (AvgIpc) is 2.62. The van der Waals surface area contributed by atoms with Crippen molar-refractivity contribution >= 4 is 22.1 Å². The Morgan fingerprint density at radius 3 is 2.14 bits per heavy atom. The van der Waals surface area contributed by atoms with Crippen LogP contribution in [0.4, 0.5) is 0 Å². The van der Waals surface area contributed by atoms with Gasteiger partial charge in [-0.25, -0.2) is 0 Å². The average molecular weight is 455 g/mol. The van der Waals surface area contributed by atoms with Gasteiger partial charge in [0.25, 0.3) is 10.1 Å². The first-order valence-electron chi connectivity index (χ1n) is 9.73. The molecule has 1 unspecified atom stereocenters. The van der Waals surface area contributed by atoms with Gasteiger partial charge in [0, 0.05) is 0 Å². The molecule has 0 amide bonds. The molecule has 9 heteroatoms. The van der Waals surface area contributed by atoms with E-state index < -0.39 is 33.7 Å². The number of benzene rings is 1. The Balaban J connectivity index is 0. The molecule has 0 aliphatic heterocycles. The zero-order chi connectivity index (χ0) is 21.0. The topological polar surface area (TPSA) is 118 Å². The van der Waals surface area contributed by atoms with E-state index in [2.05, 4.69) is 6.92 Å². The van der Waals surface area contributed by atoms with E-state index in [1.54, 1.807) is 18.2 Å². The number of carboxylic acid groups (broad SMARTS) is 1. The molecule has 0 spiro atoms. The molecule has 0 radical (unpaired) electrons. The summed E-state index contributed by atoms with van der Waals surface area (Å²) >= 11 is 0. The quantitative estimate of drug-likeness (QED) is 0.142. The standard InChI is InChI=1S/C20H30O7S.K.H/c1-2-3-4-5-6-7-8-9-12-16-13-10-11-14-17(16)27-20(23)18(15-19(21)22)28(24,25)26;;/h10-11,13-14,18H,2-9,12,15H2,1H3,(H,21,22)(H,24,25,26);;/q;+1;-1. The van der Waals surface area contributed by atoms with Crippen LogP contribution >= 0.6 is 0 Å². The Hall–Kier alpha value is -0.294. The zero-order valence-corrected chi connectivity index (χ0v) is 21.2. The third-order valence-electron chi connectivity index (χ3n) is 4.47. The van der Waals surface area contributed by atoms with E-state index in [0.29, 0.717) is 6.42 Å². The van der Waals surface area contributed by atoms with Crippen molar-refractivity contribution in [1.82, 2.24) is 0 Å². The maximum absolute atomic E-state index is 12.1. The Morgan fingerprint density at radius 1 is 1.03 bits per heavy atom. The van der Waals surface area contributed by atoms with Gasteiger partial charge in [0.2, 0.25) is 0 Å². The van der Waals surface area contributed by atoms with Crippen LogP contribution in [0.3, 0.4) is 0 Å². The fraction of sp³-hybridized carbons (Fsp3) is 0.600. The molecule has 2 N–H and O–H groups in total. The van der Waals surface area contributed by atoms with Crippen molar-refractivity contribution in [3.63, 3.8) is 0 Å². The number of unbranched alkanes of at least 4 members (excludes halogenated alkanes) is 7. The predicted molar refractivity (Wildman–Crippen MR) is 107 cm³/mol. The van der Waals surface area contributed by atoms with Gasteiger partial charge in [-0.1, -0.05) is 70.1 Å². The second-order valence-electron chi connectivity index (χ2n) is 6.86. The molecule has 0 aromatic heterocycles. The third-order valence-corrected chi connectivity index (χ3v) is 5.54. The molecule has 0 heterocycles. The molecule has 0 bridgehead atoms. The van der Waals surface area contributed by atoms with Crippen molar-refractivity contribution in [1.29, 1.82) is 0 Å². The first-order chi connectivity index (χ1) is 13.3. The minimum absolute atomic E-state index is 0. The largest absolute Gasteiger partial charge is 1.00 e. The number of carbonyl (C=O) groups is 2. The van der Waals surface area contributed by atoms with E-state index in [9.17, 15) is 18.0 Å². The van der Waals surface area contributed by atoms with E-state index in [-0.39, 0.29) is 58.6 Å². The Morgan fingerprint density at radius 2 is 1.59 bits per heavy atom. The summed E-state index contributed by atoms with van der Waals surface area (Å²) in [7, 11) is -4.88. The maximum Gasteiger partial charge on any atom is 1.00 e. The van der Waals surface area contributed by atoms with Crippen LogP contribution in [0.5, 0.6) is 5.75 Å². The smallest absolute Gasteiger partial charge is 1.00 e. The molecular formula is C20H31KO7S. The molecule has 1 atom stereocenters. The zero-order valence-electron chi connectivity index (χ0n) is 18.3. The van der Waals surface area contributed by atoms with Crippen LogP contribution in [0.1, 0.15) is 71.7 Å². The van der Waals surface area contributed by atoms with Crippen LogP contribution < -0.4 is 56.1 Å². The molecule has 160 valence electrons. The summed E-state index contributed by atoms with van der Waals surface area (Å²) in [5.41, 5.74) is 0.742. The van der Waals surface area contributed by atoms with Crippen LogP contribution in [0.15, 0.2) is 24.3 Å². The first kappa shape index (κ1) is 28.7. The van der Waals surface area contributed by atoms with Crippen molar-refractivity contribution in [2.45, 2.75) is 76.4 Å². The number of esters is 1. The van der Waals surface area contributed by atoms with Crippen molar-refractivity contribution in [3.8, 4) is 5.75 Å². The van der Waals surface area contributed by atoms with E-state index in [1.165, 1.54) is 38.2 Å². The van der Waals surface area contributed by atoms with Crippen LogP contribution in [-0.2, 0) is 26.1 Å². The van der Waals surface area contributed by atoms with Gasteiger partial charge in [-0.3, -0.25) is 14.1 Å². The fourth-order valence-corrected chi connectivity index (χ4v) is 3.55. The molecule has 0 saturated carbocycles. The van der Waals surface area contributed by atoms with Gasteiger partial charge in [0.15, 0.2) is 5.25 Å². The normalized spacial score (nSPS) is 12.1. The van der Waals surface area contributed by atoms with Gasteiger partial charge in [0.05, 0.1) is 6.42 Å². The summed E-state index contributed by atoms with van der Waals surface area (Å²) in [5, 5.41) is 6.62. The number of para-hydroxylation sites is 1. The van der Waals surface area contributed by atoms with Gasteiger partial charge in [-0.05, 0) is 24.5 Å². The van der Waals surface area contributed by atoms with Gasteiger partial charge in [-0.15, -0.1) is 0 Å². The number of carbonyl (C=O) groups excluding carboxylic acids is 1. The van der Waals surface area contributed by atoms with E-state index in [0.717, 1.165) is 24.8 Å². The molecule has 1 aromatic rings. The monoisotopic (exact) mass is 454 g/mol. The number of aryl methyl sites for hydroxylation is 1. The van der Waals surface area contributed by atoms with Crippen molar-refractivity contribution in [2.75, 3.05) is 0 Å². The minimum Gasteiger partial charge on any atom is -1.00 e. The maximum atomic E-state index is 12.1. The summed E-state index contributed by atoms with van der Waals surface area (Å²) in [4.78, 5) is 22.9. The van der Waals surface area contributed by atoms with Gasteiger partial charge in [-0.2, -0.15) is 8.42 Å². The summed E-state index contributed by atoms with van der Waals surface area (Å²) in [6, 6.07) is 6.73. The molecular weight excluding hydrogens is 423 g/mol. The number of aliphatic carboxylic acids is 1. The summed E-state index contributed by atoms with van der Waals surface area (Å²) in [5.74, 6) is -2.63. The molecule has 0 saturated heterocycles. The predicted octanol–water partition coefficient (Wildman–Crippen LogP) is 1.12. The van der Waals surface area contributed by atoms with Crippen LogP contribution in [0.25, 0.3) is 0 Å². The second kappa shape index (κ2) is 15.5.